The summed E-state index contributed by atoms with van der Waals surface area (Å²) in [5.74, 6) is -3.47. The van der Waals surface area contributed by atoms with Gasteiger partial charge in [-0.1, -0.05) is 18.9 Å². The molecule has 3 N–H and O–H groups in total. The summed E-state index contributed by atoms with van der Waals surface area (Å²) in [5, 5.41) is 7.59. The molecule has 0 radical (unpaired) electrons. The standard InChI is InChI=1S/C23H27F2N3O4S/c1-32-21-16(4-5-18(24)20(21)25)15-6-10-23(8-2-3-9-23)13-17(15)22(29)28-14-7-11-27-19(12-14)33(26,30)31/h4-5,7,11-12,15,17H,2-3,6,8-10,13H2,1H3,(H2,26,30,31)(H,27,28,29). The number of nitrogens with one attached hydrogen (secondary N) is 1. The maximum absolute atomic E-state index is 14.5. The number of pyridine rings is 1. The molecule has 1 aromatic heterocycles. The summed E-state index contributed by atoms with van der Waals surface area (Å²) in [6.45, 7) is 0. The second-order valence-electron chi connectivity index (χ2n) is 9.06. The summed E-state index contributed by atoms with van der Waals surface area (Å²) in [4.78, 5) is 17.2. The SMILES string of the molecule is COc1c(C2CCC3(CCCC3)CC2C(=O)Nc2ccnc(S(N)(=O)=O)c2)ccc(F)c1F. The Morgan fingerprint density at radius 2 is 1.94 bits per heavy atom. The van der Waals surface area contributed by atoms with Gasteiger partial charge in [-0.25, -0.2) is 22.9 Å². The molecule has 10 heteroatoms. The van der Waals surface area contributed by atoms with E-state index in [1.54, 1.807) is 0 Å². The number of anilines is 1. The normalized spacial score (nSPS) is 22.3. The lowest BCUT2D eigenvalue weighted by molar-refractivity contribution is -0.123. The van der Waals surface area contributed by atoms with Gasteiger partial charge >= 0.3 is 0 Å². The molecule has 0 aliphatic heterocycles. The molecular formula is C23H27F2N3O4S. The highest BCUT2D eigenvalue weighted by molar-refractivity contribution is 7.89. The van der Waals surface area contributed by atoms with Crippen molar-refractivity contribution in [2.24, 2.45) is 16.5 Å². The number of amides is 1. The Bertz CT molecular complexity index is 1170. The van der Waals surface area contributed by atoms with E-state index in [-0.39, 0.29) is 33.7 Å². The fraction of sp³-hybridized carbons (Fsp3) is 0.478. The predicted molar refractivity (Wildman–Crippen MR) is 118 cm³/mol. The summed E-state index contributed by atoms with van der Waals surface area (Å²) in [6, 6.07) is 5.23. The lowest BCUT2D eigenvalue weighted by atomic mass is 9.62. The number of nitrogens with zero attached hydrogens (tertiary/aromatic N) is 1. The van der Waals surface area contributed by atoms with Crippen LogP contribution >= 0.6 is 0 Å². The molecule has 2 unspecified atom stereocenters. The first-order valence-corrected chi connectivity index (χ1v) is 12.5. The van der Waals surface area contributed by atoms with Gasteiger partial charge in [0.1, 0.15) is 0 Å². The average Bonchev–Trinajstić information content (AvgIpc) is 3.23. The molecular weight excluding hydrogens is 452 g/mol. The lowest BCUT2D eigenvalue weighted by Gasteiger charge is -2.42. The minimum absolute atomic E-state index is 0.0499. The van der Waals surface area contributed by atoms with E-state index in [9.17, 15) is 22.0 Å². The van der Waals surface area contributed by atoms with E-state index in [2.05, 4.69) is 10.3 Å². The first-order chi connectivity index (χ1) is 15.6. The largest absolute Gasteiger partial charge is 0.493 e. The van der Waals surface area contributed by atoms with E-state index in [4.69, 9.17) is 9.88 Å². The molecule has 1 heterocycles. The van der Waals surface area contributed by atoms with Gasteiger partial charge in [0, 0.05) is 29.4 Å². The van der Waals surface area contributed by atoms with Crippen LogP contribution in [-0.4, -0.2) is 26.4 Å². The molecule has 2 saturated carbocycles. The predicted octanol–water partition coefficient (Wildman–Crippen LogP) is 4.10. The van der Waals surface area contributed by atoms with Crippen LogP contribution < -0.4 is 15.2 Å². The molecule has 178 valence electrons. The highest BCUT2D eigenvalue weighted by Gasteiger charge is 2.46. The number of carbonyl (C=O) groups is 1. The van der Waals surface area contributed by atoms with Gasteiger partial charge < -0.3 is 10.1 Å². The smallest absolute Gasteiger partial charge is 0.255 e. The van der Waals surface area contributed by atoms with Crippen LogP contribution in [0.25, 0.3) is 0 Å². The molecule has 2 fully saturated rings. The van der Waals surface area contributed by atoms with E-state index >= 15 is 0 Å². The molecule has 1 amide bonds. The zero-order valence-electron chi connectivity index (χ0n) is 18.3. The van der Waals surface area contributed by atoms with Gasteiger partial charge in [0.2, 0.25) is 11.7 Å². The number of rotatable bonds is 5. The number of hydrogen-bond acceptors (Lipinski definition) is 5. The fourth-order valence-corrected chi connectivity index (χ4v) is 6.02. The van der Waals surface area contributed by atoms with Crippen molar-refractivity contribution in [2.75, 3.05) is 12.4 Å². The van der Waals surface area contributed by atoms with Gasteiger partial charge in [-0.3, -0.25) is 4.79 Å². The van der Waals surface area contributed by atoms with Gasteiger partial charge in [-0.2, -0.15) is 4.39 Å². The highest BCUT2D eigenvalue weighted by Crippen LogP contribution is 2.55. The van der Waals surface area contributed by atoms with E-state index in [1.807, 2.05) is 0 Å². The van der Waals surface area contributed by atoms with Gasteiger partial charge in [-0.05, 0) is 55.6 Å². The molecule has 33 heavy (non-hydrogen) atoms. The molecule has 0 bridgehead atoms. The molecule has 4 rings (SSSR count). The number of nitrogens with two attached hydrogens (primary N) is 1. The Kier molecular flexibility index (Phi) is 6.41. The van der Waals surface area contributed by atoms with Crippen LogP contribution in [0.2, 0.25) is 0 Å². The van der Waals surface area contributed by atoms with Crippen LogP contribution in [0.3, 0.4) is 0 Å². The number of sulfonamides is 1. The second kappa shape index (κ2) is 8.98. The van der Waals surface area contributed by atoms with Crippen LogP contribution in [0.5, 0.6) is 5.75 Å². The number of hydrogen-bond donors (Lipinski definition) is 2. The number of ether oxygens (including phenoxy) is 1. The molecule has 2 aliphatic rings. The maximum atomic E-state index is 14.5. The number of carbonyl (C=O) groups excluding carboxylic acids is 1. The van der Waals surface area contributed by atoms with Crippen molar-refractivity contribution in [3.8, 4) is 5.75 Å². The van der Waals surface area contributed by atoms with Crippen molar-refractivity contribution < 1.29 is 26.7 Å². The monoisotopic (exact) mass is 479 g/mol. The first-order valence-electron chi connectivity index (χ1n) is 11.0. The van der Waals surface area contributed by atoms with Gasteiger partial charge in [-0.15, -0.1) is 0 Å². The van der Waals surface area contributed by atoms with Crippen LogP contribution in [-0.2, 0) is 14.8 Å². The molecule has 0 saturated heterocycles. The Balaban J connectivity index is 1.68. The summed E-state index contributed by atoms with van der Waals surface area (Å²) in [5.41, 5.74) is 0.763. The van der Waals surface area contributed by atoms with Gasteiger partial charge in [0.25, 0.3) is 10.0 Å². The van der Waals surface area contributed by atoms with E-state index in [1.165, 1.54) is 31.5 Å². The zero-order valence-corrected chi connectivity index (χ0v) is 19.1. The molecule has 2 atom stereocenters. The minimum atomic E-state index is -4.03. The van der Waals surface area contributed by atoms with Crippen LogP contribution in [0.15, 0.2) is 35.5 Å². The number of benzene rings is 1. The average molecular weight is 480 g/mol. The van der Waals surface area contributed by atoms with Crippen molar-refractivity contribution in [3.05, 3.63) is 47.7 Å². The Morgan fingerprint density at radius 1 is 1.21 bits per heavy atom. The fourth-order valence-electron chi connectivity index (χ4n) is 5.52. The summed E-state index contributed by atoms with van der Waals surface area (Å²) >= 11 is 0. The van der Waals surface area contributed by atoms with Crippen LogP contribution in [0, 0.1) is 23.0 Å². The van der Waals surface area contributed by atoms with Crippen molar-refractivity contribution in [3.63, 3.8) is 0 Å². The Hall–Kier alpha value is -2.59. The quantitative estimate of drug-likeness (QED) is 0.671. The van der Waals surface area contributed by atoms with Gasteiger partial charge in [0.15, 0.2) is 16.6 Å². The molecule has 1 spiro atoms. The van der Waals surface area contributed by atoms with E-state index in [0.29, 0.717) is 18.4 Å². The minimum Gasteiger partial charge on any atom is -0.493 e. The topological polar surface area (TPSA) is 111 Å². The Morgan fingerprint density at radius 3 is 2.61 bits per heavy atom. The second-order valence-corrected chi connectivity index (χ2v) is 10.6. The number of methoxy groups -OCH3 is 1. The summed E-state index contributed by atoms with van der Waals surface area (Å²) < 4.78 is 56.8. The molecule has 2 aliphatic carbocycles. The van der Waals surface area contributed by atoms with Crippen molar-refractivity contribution in [2.45, 2.75) is 55.9 Å². The van der Waals surface area contributed by atoms with Crippen molar-refractivity contribution in [1.82, 2.24) is 4.98 Å². The summed E-state index contributed by atoms with van der Waals surface area (Å²) in [6.07, 6.45) is 7.67. The van der Waals surface area contributed by atoms with Crippen molar-refractivity contribution >= 4 is 21.6 Å². The third-order valence-corrected chi connectivity index (χ3v) is 7.91. The molecule has 7 nitrogen and oxygen atoms in total. The number of halogens is 2. The molecule has 2 aromatic rings. The third-order valence-electron chi connectivity index (χ3n) is 7.10. The highest BCUT2D eigenvalue weighted by atomic mass is 32.2. The zero-order chi connectivity index (χ0) is 23.8. The van der Waals surface area contributed by atoms with Crippen molar-refractivity contribution in [1.29, 1.82) is 0 Å². The number of aromatic nitrogens is 1. The number of primary sulfonamides is 1. The molecule has 1 aromatic carbocycles. The first kappa shape index (κ1) is 23.6. The van der Waals surface area contributed by atoms with Crippen LogP contribution in [0.1, 0.15) is 56.4 Å². The lowest BCUT2D eigenvalue weighted by Crippen LogP contribution is -2.38. The van der Waals surface area contributed by atoms with Crippen LogP contribution in [0.4, 0.5) is 14.5 Å². The Labute approximate surface area is 191 Å². The summed E-state index contributed by atoms with van der Waals surface area (Å²) in [7, 11) is -2.75. The van der Waals surface area contributed by atoms with Gasteiger partial charge in [0.05, 0.1) is 7.11 Å². The third kappa shape index (κ3) is 4.72. The maximum Gasteiger partial charge on any atom is 0.255 e. The van der Waals surface area contributed by atoms with E-state index < -0.39 is 27.6 Å². The van der Waals surface area contributed by atoms with E-state index in [0.717, 1.165) is 38.2 Å².